The van der Waals surface area contributed by atoms with Crippen molar-refractivity contribution in [2.75, 3.05) is 0 Å². The summed E-state index contributed by atoms with van der Waals surface area (Å²) in [6.45, 7) is 2.23. The molecule has 0 radical (unpaired) electrons. The van der Waals surface area contributed by atoms with Crippen LogP contribution in [0, 0.1) is 18.6 Å². The van der Waals surface area contributed by atoms with E-state index >= 15 is 0 Å². The summed E-state index contributed by atoms with van der Waals surface area (Å²) in [6.07, 6.45) is 1.74. The minimum Gasteiger partial charge on any atom is -0.487 e. The fourth-order valence-corrected chi connectivity index (χ4v) is 2.36. The summed E-state index contributed by atoms with van der Waals surface area (Å²) < 4.78 is 37.5. The number of ether oxygens (including phenoxy) is 2. The third-order valence-corrected chi connectivity index (χ3v) is 3.64. The largest absolute Gasteiger partial charge is 0.487 e. The summed E-state index contributed by atoms with van der Waals surface area (Å²) in [5.74, 6) is -0.562. The van der Waals surface area contributed by atoms with Gasteiger partial charge in [0.05, 0.1) is 5.02 Å². The van der Waals surface area contributed by atoms with Gasteiger partial charge in [-0.2, -0.15) is 0 Å². The van der Waals surface area contributed by atoms with E-state index in [1.165, 1.54) is 6.07 Å². The number of benzene rings is 2. The van der Waals surface area contributed by atoms with E-state index in [2.05, 4.69) is 4.98 Å². The molecule has 0 aliphatic heterocycles. The highest BCUT2D eigenvalue weighted by molar-refractivity contribution is 6.32. The smallest absolute Gasteiger partial charge is 0.138 e. The van der Waals surface area contributed by atoms with Gasteiger partial charge in [0.1, 0.15) is 35.5 Å². The van der Waals surface area contributed by atoms with Crippen LogP contribution in [0.1, 0.15) is 11.3 Å². The zero-order valence-corrected chi connectivity index (χ0v) is 14.1. The first kappa shape index (κ1) is 17.2. The van der Waals surface area contributed by atoms with Gasteiger partial charge in [0.15, 0.2) is 0 Å². The van der Waals surface area contributed by atoms with Gasteiger partial charge in [-0.15, -0.1) is 0 Å². The van der Waals surface area contributed by atoms with Crippen molar-refractivity contribution in [2.45, 2.75) is 13.5 Å². The molecule has 0 unspecified atom stereocenters. The van der Waals surface area contributed by atoms with Gasteiger partial charge in [0, 0.05) is 41.7 Å². The molecule has 0 atom stereocenters. The van der Waals surface area contributed by atoms with Crippen LogP contribution in [0.4, 0.5) is 8.78 Å². The molecule has 0 bridgehead atoms. The van der Waals surface area contributed by atoms with Crippen LogP contribution < -0.4 is 9.47 Å². The lowest BCUT2D eigenvalue weighted by Crippen LogP contribution is -1.97. The first-order valence-corrected chi connectivity index (χ1v) is 7.85. The summed E-state index contributed by atoms with van der Waals surface area (Å²) in [6, 6.07) is 11.5. The summed E-state index contributed by atoms with van der Waals surface area (Å²) in [4.78, 5) is 4.19. The first-order chi connectivity index (χ1) is 12.0. The Balaban J connectivity index is 1.68. The molecular formula is C19H14ClF2NO2. The topological polar surface area (TPSA) is 31.4 Å². The van der Waals surface area contributed by atoms with E-state index in [1.807, 2.05) is 19.1 Å². The van der Waals surface area contributed by atoms with Crippen LogP contribution in [-0.4, -0.2) is 4.98 Å². The zero-order chi connectivity index (χ0) is 17.8. The second-order valence-electron chi connectivity index (χ2n) is 5.40. The molecule has 0 aliphatic rings. The molecule has 3 rings (SSSR count). The Labute approximate surface area is 148 Å². The maximum Gasteiger partial charge on any atom is 0.138 e. The number of pyridine rings is 1. The van der Waals surface area contributed by atoms with E-state index in [0.29, 0.717) is 23.1 Å². The maximum absolute atomic E-state index is 13.2. The molecule has 3 nitrogen and oxygen atoms in total. The van der Waals surface area contributed by atoms with Crippen molar-refractivity contribution < 1.29 is 18.3 Å². The highest BCUT2D eigenvalue weighted by atomic mass is 35.5. The Morgan fingerprint density at radius 1 is 0.960 bits per heavy atom. The molecule has 2 aromatic carbocycles. The molecule has 0 N–H and O–H groups in total. The summed E-state index contributed by atoms with van der Waals surface area (Å²) in [5.41, 5.74) is 1.84. The Bertz CT molecular complexity index is 865. The van der Waals surface area contributed by atoms with Crippen LogP contribution in [0.15, 0.2) is 54.7 Å². The first-order valence-electron chi connectivity index (χ1n) is 7.47. The zero-order valence-electron chi connectivity index (χ0n) is 13.3. The highest BCUT2D eigenvalue weighted by Crippen LogP contribution is 2.32. The van der Waals surface area contributed by atoms with Gasteiger partial charge < -0.3 is 9.47 Å². The minimum absolute atomic E-state index is 0.0490. The number of rotatable bonds is 5. The average molecular weight is 362 g/mol. The quantitative estimate of drug-likeness (QED) is 0.584. The lowest BCUT2D eigenvalue weighted by molar-refractivity contribution is 0.305. The van der Waals surface area contributed by atoms with Gasteiger partial charge in [-0.3, -0.25) is 4.98 Å². The van der Waals surface area contributed by atoms with Crippen molar-refractivity contribution in [2.24, 2.45) is 0 Å². The lowest BCUT2D eigenvalue weighted by atomic mass is 10.2. The molecule has 0 saturated carbocycles. The summed E-state index contributed by atoms with van der Waals surface area (Å²) >= 11 is 6.18. The van der Waals surface area contributed by atoms with Crippen molar-refractivity contribution in [1.29, 1.82) is 0 Å². The van der Waals surface area contributed by atoms with Gasteiger partial charge >= 0.3 is 0 Å². The van der Waals surface area contributed by atoms with Gasteiger partial charge in [0.25, 0.3) is 0 Å². The third-order valence-electron chi connectivity index (χ3n) is 3.34. The van der Waals surface area contributed by atoms with E-state index in [-0.39, 0.29) is 5.75 Å². The number of aromatic nitrogens is 1. The molecule has 6 heteroatoms. The second-order valence-corrected chi connectivity index (χ2v) is 5.80. The standard InChI is InChI=1S/C19H14ClF2NO2/c1-12-2-3-13(10-23-12)11-24-19-5-4-16(9-18(19)20)25-17-7-14(21)6-15(22)8-17/h2-10H,11H2,1H3. The Hall–Kier alpha value is -2.66. The van der Waals surface area contributed by atoms with Crippen LogP contribution in [0.5, 0.6) is 17.2 Å². The lowest BCUT2D eigenvalue weighted by Gasteiger charge is -2.11. The molecule has 25 heavy (non-hydrogen) atoms. The van der Waals surface area contributed by atoms with E-state index in [1.54, 1.807) is 18.3 Å². The van der Waals surface area contributed by atoms with Gasteiger partial charge in [-0.25, -0.2) is 8.78 Å². The highest BCUT2D eigenvalue weighted by Gasteiger charge is 2.07. The molecule has 0 aliphatic carbocycles. The van der Waals surface area contributed by atoms with Crippen LogP contribution >= 0.6 is 11.6 Å². The Kier molecular flexibility index (Phi) is 5.14. The van der Waals surface area contributed by atoms with Gasteiger partial charge in [-0.05, 0) is 25.1 Å². The number of halogens is 3. The third kappa shape index (κ3) is 4.67. The number of hydrogen-bond donors (Lipinski definition) is 0. The molecule has 128 valence electrons. The molecular weight excluding hydrogens is 348 g/mol. The predicted molar refractivity (Wildman–Crippen MR) is 91.2 cm³/mol. The maximum atomic E-state index is 13.2. The predicted octanol–water partition coefficient (Wildman–Crippen LogP) is 5.69. The number of aryl methyl sites for hydroxylation is 1. The summed E-state index contributed by atoms with van der Waals surface area (Å²) in [7, 11) is 0. The van der Waals surface area contributed by atoms with E-state index in [0.717, 1.165) is 29.5 Å². The van der Waals surface area contributed by atoms with E-state index in [4.69, 9.17) is 21.1 Å². The molecule has 0 amide bonds. The normalized spacial score (nSPS) is 10.6. The molecule has 3 aromatic rings. The molecule has 0 saturated heterocycles. The van der Waals surface area contributed by atoms with Crippen molar-refractivity contribution in [3.8, 4) is 17.2 Å². The van der Waals surface area contributed by atoms with E-state index in [9.17, 15) is 8.78 Å². The van der Waals surface area contributed by atoms with E-state index < -0.39 is 11.6 Å². The fourth-order valence-electron chi connectivity index (χ4n) is 2.13. The minimum atomic E-state index is -0.715. The van der Waals surface area contributed by atoms with Gasteiger partial charge in [0.2, 0.25) is 0 Å². The monoisotopic (exact) mass is 361 g/mol. The molecule has 1 aromatic heterocycles. The Morgan fingerprint density at radius 3 is 2.36 bits per heavy atom. The molecule has 0 spiro atoms. The van der Waals surface area contributed by atoms with Gasteiger partial charge in [-0.1, -0.05) is 17.7 Å². The number of hydrogen-bond acceptors (Lipinski definition) is 3. The van der Waals surface area contributed by atoms with Crippen LogP contribution in [0.25, 0.3) is 0 Å². The van der Waals surface area contributed by atoms with Crippen molar-refractivity contribution >= 4 is 11.6 Å². The summed E-state index contributed by atoms with van der Waals surface area (Å²) in [5, 5.41) is 0.328. The SMILES string of the molecule is Cc1ccc(COc2ccc(Oc3cc(F)cc(F)c3)cc2Cl)cn1. The molecule has 0 fully saturated rings. The second kappa shape index (κ2) is 7.49. The van der Waals surface area contributed by atoms with Crippen molar-refractivity contribution in [3.05, 3.63) is 82.6 Å². The van der Waals surface area contributed by atoms with Crippen LogP contribution in [-0.2, 0) is 6.61 Å². The van der Waals surface area contributed by atoms with Crippen LogP contribution in [0.2, 0.25) is 5.02 Å². The van der Waals surface area contributed by atoms with Crippen molar-refractivity contribution in [1.82, 2.24) is 4.98 Å². The average Bonchev–Trinajstić information content (AvgIpc) is 2.55. The number of nitrogens with zero attached hydrogens (tertiary/aromatic N) is 1. The fraction of sp³-hybridized carbons (Fsp3) is 0.105. The molecule has 1 heterocycles. The van der Waals surface area contributed by atoms with Crippen LogP contribution in [0.3, 0.4) is 0 Å². The Morgan fingerprint density at radius 2 is 1.72 bits per heavy atom. The van der Waals surface area contributed by atoms with Crippen molar-refractivity contribution in [3.63, 3.8) is 0 Å².